The van der Waals surface area contributed by atoms with E-state index in [-0.39, 0.29) is 17.3 Å². The third-order valence-electron chi connectivity index (χ3n) is 2.34. The van der Waals surface area contributed by atoms with Crippen molar-refractivity contribution in [3.05, 3.63) is 35.4 Å². The van der Waals surface area contributed by atoms with Crippen LogP contribution in [0.1, 0.15) is 36.2 Å². The van der Waals surface area contributed by atoms with Gasteiger partial charge >= 0.3 is 0 Å². The van der Waals surface area contributed by atoms with E-state index in [1.54, 1.807) is 0 Å². The first kappa shape index (κ1) is 13.0. The molecule has 0 spiro atoms. The highest BCUT2D eigenvalue weighted by molar-refractivity contribution is 6.20. The molecule has 16 heavy (non-hydrogen) atoms. The predicted octanol–water partition coefficient (Wildman–Crippen LogP) is 3.13. The van der Waals surface area contributed by atoms with Crippen LogP contribution in [-0.2, 0) is 0 Å². The number of benzene rings is 1. The fourth-order valence-corrected chi connectivity index (χ4v) is 1.91. The minimum Gasteiger partial charge on any atom is -0.350 e. The van der Waals surface area contributed by atoms with Crippen LogP contribution < -0.4 is 5.32 Å². The van der Waals surface area contributed by atoms with Gasteiger partial charge in [0.25, 0.3) is 5.91 Å². The number of alkyl halides is 1. The highest BCUT2D eigenvalue weighted by atomic mass is 35.5. The van der Waals surface area contributed by atoms with Crippen molar-refractivity contribution in [3.8, 4) is 0 Å². The first-order valence-electron chi connectivity index (χ1n) is 5.50. The van der Waals surface area contributed by atoms with E-state index in [1.807, 2.05) is 45.0 Å². The van der Waals surface area contributed by atoms with Gasteiger partial charge in [-0.25, -0.2) is 0 Å². The minimum absolute atomic E-state index is 0.0338. The Kier molecular flexibility index (Phi) is 4.81. The zero-order valence-corrected chi connectivity index (χ0v) is 10.7. The van der Waals surface area contributed by atoms with Gasteiger partial charge in [-0.1, -0.05) is 17.7 Å². The summed E-state index contributed by atoms with van der Waals surface area (Å²) in [5.74, 6) is -0.0338. The molecule has 1 N–H and O–H groups in total. The van der Waals surface area contributed by atoms with E-state index in [0.29, 0.717) is 5.56 Å². The number of hydrogen-bond acceptors (Lipinski definition) is 1. The van der Waals surface area contributed by atoms with Crippen LogP contribution in [0.5, 0.6) is 0 Å². The summed E-state index contributed by atoms with van der Waals surface area (Å²) in [7, 11) is 0. The van der Waals surface area contributed by atoms with E-state index in [4.69, 9.17) is 11.6 Å². The Bertz CT molecular complexity index is 363. The van der Waals surface area contributed by atoms with Gasteiger partial charge in [0.15, 0.2) is 0 Å². The van der Waals surface area contributed by atoms with Crippen LogP contribution >= 0.6 is 11.6 Å². The van der Waals surface area contributed by atoms with Gasteiger partial charge in [-0.3, -0.25) is 4.79 Å². The Balaban J connectivity index is 2.59. The maximum Gasteiger partial charge on any atom is 0.251 e. The molecule has 0 bridgehead atoms. The summed E-state index contributed by atoms with van der Waals surface area (Å²) < 4.78 is 0. The molecular formula is C13H18ClNO. The molecule has 0 aliphatic rings. The molecule has 88 valence electrons. The van der Waals surface area contributed by atoms with Crippen molar-refractivity contribution < 1.29 is 4.79 Å². The van der Waals surface area contributed by atoms with Gasteiger partial charge in [-0.15, -0.1) is 11.6 Å². The molecule has 1 aromatic carbocycles. The number of carbonyl (C=O) groups is 1. The van der Waals surface area contributed by atoms with Crippen molar-refractivity contribution >= 4 is 17.5 Å². The molecule has 0 aliphatic heterocycles. The Morgan fingerprint density at radius 2 is 2.12 bits per heavy atom. The van der Waals surface area contributed by atoms with E-state index in [2.05, 4.69) is 5.32 Å². The first-order valence-corrected chi connectivity index (χ1v) is 5.94. The largest absolute Gasteiger partial charge is 0.350 e. The summed E-state index contributed by atoms with van der Waals surface area (Å²) in [6, 6.07) is 7.66. The molecule has 0 fully saturated rings. The lowest BCUT2D eigenvalue weighted by molar-refractivity contribution is 0.0938. The van der Waals surface area contributed by atoms with E-state index in [9.17, 15) is 4.79 Å². The van der Waals surface area contributed by atoms with Crippen molar-refractivity contribution in [2.45, 2.75) is 38.6 Å². The summed E-state index contributed by atoms with van der Waals surface area (Å²) in [5.41, 5.74) is 1.79. The van der Waals surface area contributed by atoms with Gasteiger partial charge in [-0.2, -0.15) is 0 Å². The van der Waals surface area contributed by atoms with Crippen LogP contribution in [0.4, 0.5) is 0 Å². The van der Waals surface area contributed by atoms with Crippen molar-refractivity contribution in [2.75, 3.05) is 0 Å². The quantitative estimate of drug-likeness (QED) is 0.804. The number of halogens is 1. The molecule has 1 rings (SSSR count). The standard InChI is InChI=1S/C13H18ClNO/c1-9-5-4-6-12(7-9)13(16)15-11(3)8-10(2)14/h4-7,10-11H,8H2,1-3H3,(H,15,16). The van der Waals surface area contributed by atoms with Crippen LogP contribution in [0.25, 0.3) is 0 Å². The molecule has 0 saturated heterocycles. The van der Waals surface area contributed by atoms with E-state index < -0.39 is 0 Å². The fourth-order valence-electron chi connectivity index (χ4n) is 1.64. The Morgan fingerprint density at radius 1 is 1.44 bits per heavy atom. The lowest BCUT2D eigenvalue weighted by Gasteiger charge is -2.15. The van der Waals surface area contributed by atoms with Gasteiger partial charge in [0.05, 0.1) is 0 Å². The van der Waals surface area contributed by atoms with E-state index >= 15 is 0 Å². The van der Waals surface area contributed by atoms with Crippen molar-refractivity contribution in [3.63, 3.8) is 0 Å². The van der Waals surface area contributed by atoms with Crippen LogP contribution in [0.3, 0.4) is 0 Å². The lowest BCUT2D eigenvalue weighted by Crippen LogP contribution is -2.33. The molecular weight excluding hydrogens is 222 g/mol. The summed E-state index contributed by atoms with van der Waals surface area (Å²) in [4.78, 5) is 11.8. The van der Waals surface area contributed by atoms with Crippen LogP contribution in [0, 0.1) is 6.92 Å². The molecule has 0 heterocycles. The van der Waals surface area contributed by atoms with Gasteiger partial charge in [0.1, 0.15) is 0 Å². The van der Waals surface area contributed by atoms with Gasteiger partial charge in [0.2, 0.25) is 0 Å². The molecule has 0 aliphatic carbocycles. The SMILES string of the molecule is Cc1cccc(C(=O)NC(C)CC(C)Cl)c1. The molecule has 0 saturated carbocycles. The summed E-state index contributed by atoms with van der Waals surface area (Å²) in [6.45, 7) is 5.87. The van der Waals surface area contributed by atoms with Crippen LogP contribution in [0.15, 0.2) is 24.3 Å². The monoisotopic (exact) mass is 239 g/mol. The van der Waals surface area contributed by atoms with Gasteiger partial charge in [-0.05, 0) is 39.3 Å². The average Bonchev–Trinajstić information content (AvgIpc) is 2.16. The zero-order valence-electron chi connectivity index (χ0n) is 9.96. The zero-order chi connectivity index (χ0) is 12.1. The fraction of sp³-hybridized carbons (Fsp3) is 0.462. The summed E-state index contributed by atoms with van der Waals surface area (Å²) in [6.07, 6.45) is 0.777. The number of amides is 1. The van der Waals surface area contributed by atoms with Crippen molar-refractivity contribution in [1.82, 2.24) is 5.32 Å². The molecule has 2 atom stereocenters. The molecule has 3 heteroatoms. The molecule has 0 aromatic heterocycles. The Hall–Kier alpha value is -1.02. The van der Waals surface area contributed by atoms with Gasteiger partial charge < -0.3 is 5.32 Å². The Morgan fingerprint density at radius 3 is 2.69 bits per heavy atom. The second-order valence-corrected chi connectivity index (χ2v) is 5.01. The highest BCUT2D eigenvalue weighted by Crippen LogP contribution is 2.07. The van der Waals surface area contributed by atoms with Crippen molar-refractivity contribution in [1.29, 1.82) is 0 Å². The minimum atomic E-state index is -0.0338. The maximum absolute atomic E-state index is 11.8. The number of aryl methyl sites for hydroxylation is 1. The van der Waals surface area contributed by atoms with Crippen LogP contribution in [0.2, 0.25) is 0 Å². The number of carbonyl (C=O) groups excluding carboxylic acids is 1. The normalized spacial score (nSPS) is 14.2. The molecule has 1 amide bonds. The third kappa shape index (κ3) is 4.23. The predicted molar refractivity (Wildman–Crippen MR) is 68.0 cm³/mol. The van der Waals surface area contributed by atoms with E-state index in [1.165, 1.54) is 0 Å². The molecule has 1 aromatic rings. The Labute approximate surface area is 102 Å². The number of nitrogens with one attached hydrogen (secondary N) is 1. The average molecular weight is 240 g/mol. The smallest absolute Gasteiger partial charge is 0.251 e. The third-order valence-corrected chi connectivity index (χ3v) is 2.51. The van der Waals surface area contributed by atoms with E-state index in [0.717, 1.165) is 12.0 Å². The molecule has 2 unspecified atom stereocenters. The molecule has 0 radical (unpaired) electrons. The second-order valence-electron chi connectivity index (χ2n) is 4.26. The van der Waals surface area contributed by atoms with Crippen molar-refractivity contribution in [2.24, 2.45) is 0 Å². The molecule has 2 nitrogen and oxygen atoms in total. The lowest BCUT2D eigenvalue weighted by atomic mass is 10.1. The van der Waals surface area contributed by atoms with Gasteiger partial charge in [0, 0.05) is 17.0 Å². The van der Waals surface area contributed by atoms with Crippen LogP contribution in [-0.4, -0.2) is 17.3 Å². The first-order chi connectivity index (χ1) is 7.49. The maximum atomic E-state index is 11.8. The topological polar surface area (TPSA) is 29.1 Å². The summed E-state index contributed by atoms with van der Waals surface area (Å²) in [5, 5.41) is 3.01. The number of hydrogen-bond donors (Lipinski definition) is 1. The summed E-state index contributed by atoms with van der Waals surface area (Å²) >= 11 is 5.88. The number of rotatable bonds is 4. The second kappa shape index (κ2) is 5.90. The highest BCUT2D eigenvalue weighted by Gasteiger charge is 2.11.